The van der Waals surface area contributed by atoms with Crippen LogP contribution >= 0.6 is 0 Å². The Bertz CT molecular complexity index is 1510. The van der Waals surface area contributed by atoms with Crippen LogP contribution in [0.4, 0.5) is 30.5 Å². The van der Waals surface area contributed by atoms with Gasteiger partial charge < -0.3 is 20.0 Å². The van der Waals surface area contributed by atoms with Crippen LogP contribution in [0.15, 0.2) is 30.7 Å². The van der Waals surface area contributed by atoms with Gasteiger partial charge in [0.05, 0.1) is 23.5 Å². The zero-order valence-corrected chi connectivity index (χ0v) is 24.8. The third-order valence-electron chi connectivity index (χ3n) is 10.1. The molecule has 2 saturated heterocycles. The van der Waals surface area contributed by atoms with Crippen molar-refractivity contribution in [1.82, 2.24) is 34.2 Å². The van der Waals surface area contributed by atoms with Crippen LogP contribution in [0, 0.1) is 29.6 Å². The second-order valence-electron chi connectivity index (χ2n) is 13.0. The fourth-order valence-corrected chi connectivity index (χ4v) is 7.62. The molecule has 3 aromatic heterocycles. The first-order valence-corrected chi connectivity index (χ1v) is 15.6. The maximum absolute atomic E-state index is 13.4. The van der Waals surface area contributed by atoms with Crippen molar-refractivity contribution in [3.63, 3.8) is 0 Å². The number of piperidine rings is 1. The Morgan fingerprint density at radius 2 is 1.80 bits per heavy atom. The van der Waals surface area contributed by atoms with Crippen LogP contribution in [0.3, 0.4) is 0 Å². The number of piperazine rings is 1. The second-order valence-corrected chi connectivity index (χ2v) is 13.0. The molecule has 11 nitrogen and oxygen atoms in total. The van der Waals surface area contributed by atoms with Gasteiger partial charge in [0.2, 0.25) is 11.9 Å². The number of anilines is 3. The average molecular weight is 614 g/mol. The van der Waals surface area contributed by atoms with E-state index in [4.69, 9.17) is 4.98 Å². The normalized spacial score (nSPS) is 27.8. The molecule has 7 rings (SSSR count). The van der Waals surface area contributed by atoms with Gasteiger partial charge in [0.1, 0.15) is 12.3 Å². The van der Waals surface area contributed by atoms with Gasteiger partial charge in [0.15, 0.2) is 5.65 Å². The SMILES string of the molecule is CN1CCN(C(=O)Cn2cc(Nc3nc4c(N5CC6CCCC(C5)C6C(=O)C5CC(C(F)(F)F)C5)cccn4n3)cn2)CC1. The van der Waals surface area contributed by atoms with E-state index >= 15 is 0 Å². The second kappa shape index (κ2) is 11.4. The van der Waals surface area contributed by atoms with Crippen LogP contribution < -0.4 is 10.2 Å². The van der Waals surface area contributed by atoms with Crippen LogP contribution in [-0.4, -0.2) is 98.4 Å². The molecule has 2 aliphatic carbocycles. The molecule has 0 spiro atoms. The number of rotatable bonds is 7. The molecule has 2 atom stereocenters. The van der Waals surface area contributed by atoms with Gasteiger partial charge >= 0.3 is 6.18 Å². The summed E-state index contributed by atoms with van der Waals surface area (Å²) in [6.45, 7) is 4.67. The molecule has 0 radical (unpaired) electrons. The van der Waals surface area contributed by atoms with Crippen LogP contribution in [-0.2, 0) is 16.1 Å². The minimum absolute atomic E-state index is 0.0386. The molecule has 4 fully saturated rings. The number of fused-ring (bicyclic) bond motifs is 3. The van der Waals surface area contributed by atoms with Crippen LogP contribution in [0.5, 0.6) is 0 Å². The van der Waals surface area contributed by atoms with Crippen LogP contribution in [0.1, 0.15) is 32.1 Å². The number of carbonyl (C=O) groups is 2. The third kappa shape index (κ3) is 5.64. The highest BCUT2D eigenvalue weighted by Crippen LogP contribution is 2.50. The summed E-state index contributed by atoms with van der Waals surface area (Å²) in [6.07, 6.45) is 3.79. The van der Waals surface area contributed by atoms with E-state index in [-0.39, 0.29) is 48.8 Å². The van der Waals surface area contributed by atoms with Gasteiger partial charge in [-0.25, -0.2) is 4.52 Å². The van der Waals surface area contributed by atoms with E-state index in [2.05, 4.69) is 32.4 Å². The number of Topliss-reactive ketones (excluding diaryl/α,β-unsaturated/α-hetero) is 1. The zero-order chi connectivity index (χ0) is 30.6. The summed E-state index contributed by atoms with van der Waals surface area (Å²) in [5, 5.41) is 12.1. The molecule has 236 valence electrons. The van der Waals surface area contributed by atoms with Gasteiger partial charge in [-0.1, -0.05) is 6.42 Å². The van der Waals surface area contributed by atoms with E-state index in [1.807, 2.05) is 23.2 Å². The van der Waals surface area contributed by atoms with Crippen LogP contribution in [0.25, 0.3) is 5.65 Å². The molecular formula is C30H38F3N9O2. The average Bonchev–Trinajstić information content (AvgIpc) is 3.57. The standard InChI is InChI=1S/C30H38F3N9O2/c1-38-8-10-39(11-9-38)25(43)18-41-17-23(14-34-41)35-29-36-28-24(6-3-7-42(28)37-29)40-15-19-4-2-5-20(16-40)26(19)27(44)21-12-22(13-21)30(31,32)33/h3,6-7,14,17,19-22,26H,2,4-5,8-13,15-16,18H2,1H3,(H,35,37). The number of halogens is 3. The van der Waals surface area contributed by atoms with Crippen molar-refractivity contribution < 1.29 is 22.8 Å². The summed E-state index contributed by atoms with van der Waals surface area (Å²) in [5.41, 5.74) is 2.28. The summed E-state index contributed by atoms with van der Waals surface area (Å²) in [5.74, 6) is -1.20. The number of pyridine rings is 1. The Balaban J connectivity index is 1.02. The predicted molar refractivity (Wildman–Crippen MR) is 156 cm³/mol. The lowest BCUT2D eigenvalue weighted by atomic mass is 9.61. The lowest BCUT2D eigenvalue weighted by molar-refractivity contribution is -0.205. The minimum atomic E-state index is -4.20. The topological polar surface area (TPSA) is 104 Å². The van der Waals surface area contributed by atoms with Gasteiger partial charge in [-0.15, -0.1) is 5.10 Å². The highest BCUT2D eigenvalue weighted by Gasteiger charge is 2.53. The quantitative estimate of drug-likeness (QED) is 0.433. The molecule has 14 heteroatoms. The zero-order valence-electron chi connectivity index (χ0n) is 24.8. The molecule has 5 heterocycles. The van der Waals surface area contributed by atoms with Crippen molar-refractivity contribution in [2.24, 2.45) is 29.6 Å². The van der Waals surface area contributed by atoms with E-state index in [9.17, 15) is 22.8 Å². The minimum Gasteiger partial charge on any atom is -0.368 e. The third-order valence-corrected chi connectivity index (χ3v) is 10.1. The summed E-state index contributed by atoms with van der Waals surface area (Å²) in [6, 6.07) is 3.93. The number of aromatic nitrogens is 5. The number of hydrogen-bond acceptors (Lipinski definition) is 8. The van der Waals surface area contributed by atoms with E-state index < -0.39 is 18.0 Å². The number of carbonyl (C=O) groups excluding carboxylic acids is 2. The molecule has 0 aromatic carbocycles. The number of nitrogens with zero attached hydrogens (tertiary/aromatic N) is 8. The molecule has 2 bridgehead atoms. The molecular weight excluding hydrogens is 575 g/mol. The van der Waals surface area contributed by atoms with Crippen LogP contribution in [0.2, 0.25) is 0 Å². The van der Waals surface area contributed by atoms with Crippen molar-refractivity contribution in [3.8, 4) is 0 Å². The Labute approximate surface area is 253 Å². The molecule has 44 heavy (non-hydrogen) atoms. The molecule has 4 aliphatic rings. The van der Waals surface area contributed by atoms with Gasteiger partial charge in [0, 0.05) is 63.5 Å². The Morgan fingerprint density at radius 3 is 2.50 bits per heavy atom. The number of likely N-dealkylation sites (N-methyl/N-ethyl adjacent to an activating group) is 1. The first-order valence-electron chi connectivity index (χ1n) is 15.6. The summed E-state index contributed by atoms with van der Waals surface area (Å²) in [4.78, 5) is 37.2. The molecule has 2 aliphatic heterocycles. The molecule has 1 amide bonds. The van der Waals surface area contributed by atoms with Crippen molar-refractivity contribution in [2.75, 3.05) is 56.5 Å². The van der Waals surface area contributed by atoms with Gasteiger partial charge in [-0.3, -0.25) is 14.3 Å². The maximum Gasteiger partial charge on any atom is 0.391 e. The largest absolute Gasteiger partial charge is 0.391 e. The van der Waals surface area contributed by atoms with Crippen molar-refractivity contribution >= 4 is 34.7 Å². The smallest absolute Gasteiger partial charge is 0.368 e. The monoisotopic (exact) mass is 613 g/mol. The highest BCUT2D eigenvalue weighted by atomic mass is 19.4. The Hall–Kier alpha value is -3.68. The van der Waals surface area contributed by atoms with Crippen molar-refractivity contribution in [3.05, 3.63) is 30.7 Å². The van der Waals surface area contributed by atoms with Crippen molar-refractivity contribution in [1.29, 1.82) is 0 Å². The van der Waals surface area contributed by atoms with E-state index in [0.29, 0.717) is 43.5 Å². The number of hydrogen-bond donors (Lipinski definition) is 1. The fourth-order valence-electron chi connectivity index (χ4n) is 7.62. The lowest BCUT2D eigenvalue weighted by Crippen LogP contribution is -2.54. The summed E-state index contributed by atoms with van der Waals surface area (Å²) < 4.78 is 42.5. The fraction of sp³-hybridized carbons (Fsp3) is 0.633. The van der Waals surface area contributed by atoms with Gasteiger partial charge in [-0.05, 0) is 56.7 Å². The number of ketones is 1. The van der Waals surface area contributed by atoms with Gasteiger partial charge in [-0.2, -0.15) is 23.3 Å². The predicted octanol–water partition coefficient (Wildman–Crippen LogP) is 3.45. The maximum atomic E-state index is 13.4. The highest BCUT2D eigenvalue weighted by molar-refractivity contribution is 5.85. The molecule has 1 N–H and O–H groups in total. The summed E-state index contributed by atoms with van der Waals surface area (Å²) in [7, 11) is 2.05. The molecule has 2 saturated carbocycles. The van der Waals surface area contributed by atoms with E-state index in [0.717, 1.165) is 38.0 Å². The molecule has 3 aromatic rings. The first kappa shape index (κ1) is 29.1. The van der Waals surface area contributed by atoms with Crippen molar-refractivity contribution in [2.45, 2.75) is 44.8 Å². The Morgan fingerprint density at radius 1 is 1.07 bits per heavy atom. The van der Waals surface area contributed by atoms with E-state index in [1.54, 1.807) is 21.6 Å². The number of amides is 1. The first-order chi connectivity index (χ1) is 21.1. The number of alkyl halides is 3. The lowest BCUT2D eigenvalue weighted by Gasteiger charge is -2.49. The van der Waals surface area contributed by atoms with E-state index in [1.165, 1.54) is 0 Å². The molecule has 2 unspecified atom stereocenters. The number of nitrogens with one attached hydrogen (secondary N) is 1. The van der Waals surface area contributed by atoms with Gasteiger partial charge in [0.25, 0.3) is 0 Å². The Kier molecular flexibility index (Phi) is 7.50. The summed E-state index contributed by atoms with van der Waals surface area (Å²) >= 11 is 0.